The van der Waals surface area contributed by atoms with Gasteiger partial charge in [0.2, 0.25) is 17.7 Å². The number of fused-ring (bicyclic) bond motifs is 1. The van der Waals surface area contributed by atoms with E-state index in [9.17, 15) is 23.1 Å². The Balaban J connectivity index is 1.24. The van der Waals surface area contributed by atoms with Crippen molar-refractivity contribution < 1.29 is 37.4 Å². The predicted molar refractivity (Wildman–Crippen MR) is 231 cm³/mol. The van der Waals surface area contributed by atoms with Crippen molar-refractivity contribution in [3.63, 3.8) is 0 Å². The third-order valence-corrected chi connectivity index (χ3v) is 14.2. The molecule has 2 saturated heterocycles. The van der Waals surface area contributed by atoms with Gasteiger partial charge in [0.1, 0.15) is 39.9 Å². The number of aryl methyl sites for hydroxylation is 1. The smallest absolute Gasteiger partial charge is 0.264 e. The molecule has 1 aromatic carbocycles. The van der Waals surface area contributed by atoms with E-state index < -0.39 is 58.0 Å². The molecule has 0 spiro atoms. The number of ether oxygens (including phenoxy) is 2. The standard InChI is InChI=1S/C44H58N6O8S2/c1-9-27-22-44(27,42(54)50(60(55)56)28-13-14-28)47-39(52)34-19-29(23-49(34)41(53)31(43(5,6)7)20-37(51)48-17-11-10-12-18-48)58-36-21-32(40-46-33(24-59-40)25(2)3)45-38-26(4)35(57-8)16-15-30(36)38/h9,15-16,21,24-25,27-29,31,34H,1,10-14,17-20,22-23H2,2-8H3,(H,47,52)(H,55,56)/t27-,29-,31-,34+,44?/m1/s1. The summed E-state index contributed by atoms with van der Waals surface area (Å²) in [7, 11) is 1.61. The van der Waals surface area contributed by atoms with Crippen LogP contribution >= 0.6 is 11.3 Å². The molecule has 60 heavy (non-hydrogen) atoms. The molecule has 3 aromatic rings. The fourth-order valence-corrected chi connectivity index (χ4v) is 10.3. The fraction of sp³-hybridized carbons (Fsp3) is 0.591. The largest absolute Gasteiger partial charge is 0.496 e. The molecule has 2 aromatic heterocycles. The first-order valence-electron chi connectivity index (χ1n) is 21.1. The summed E-state index contributed by atoms with van der Waals surface area (Å²) in [5.74, 6) is -1.50. The van der Waals surface area contributed by atoms with Crippen molar-refractivity contribution in [3.8, 4) is 22.2 Å². The molecule has 7 rings (SSSR count). The Morgan fingerprint density at radius 2 is 1.85 bits per heavy atom. The molecule has 0 radical (unpaired) electrons. The van der Waals surface area contributed by atoms with Crippen LogP contribution in [0, 0.1) is 24.2 Å². The van der Waals surface area contributed by atoms with Crippen LogP contribution in [0.4, 0.5) is 0 Å². The minimum absolute atomic E-state index is 0.00996. The number of nitrogens with zero attached hydrogens (tertiary/aromatic N) is 5. The molecule has 2 saturated carbocycles. The first-order valence-corrected chi connectivity index (χ1v) is 23.0. The number of thiazole rings is 1. The summed E-state index contributed by atoms with van der Waals surface area (Å²) in [6.45, 7) is 17.1. The van der Waals surface area contributed by atoms with E-state index in [2.05, 4.69) is 25.7 Å². The van der Waals surface area contributed by atoms with Gasteiger partial charge >= 0.3 is 0 Å². The highest BCUT2D eigenvalue weighted by Crippen LogP contribution is 2.48. The second-order valence-electron chi connectivity index (χ2n) is 18.2. The van der Waals surface area contributed by atoms with Crippen molar-refractivity contribution in [2.45, 2.75) is 123 Å². The number of amides is 4. The number of piperidine rings is 1. The zero-order valence-corrected chi connectivity index (χ0v) is 37.3. The highest BCUT2D eigenvalue weighted by atomic mass is 32.2. The van der Waals surface area contributed by atoms with Gasteiger partial charge in [0.25, 0.3) is 17.2 Å². The number of hydrogen-bond acceptors (Lipinski definition) is 10. The molecule has 4 amide bonds. The van der Waals surface area contributed by atoms with E-state index in [1.165, 1.54) is 16.2 Å². The number of carbonyl (C=O) groups excluding carboxylic acids is 4. The molecule has 16 heteroatoms. The molecular weight excluding hydrogens is 805 g/mol. The molecule has 4 heterocycles. The van der Waals surface area contributed by atoms with Gasteiger partial charge in [0.15, 0.2) is 0 Å². The summed E-state index contributed by atoms with van der Waals surface area (Å²) < 4.78 is 36.0. The Hall–Kier alpha value is -4.41. The zero-order chi connectivity index (χ0) is 43.3. The number of pyridine rings is 1. The van der Waals surface area contributed by atoms with E-state index >= 15 is 4.79 Å². The maximum absolute atomic E-state index is 15.0. The molecule has 6 atom stereocenters. The average molecular weight is 863 g/mol. The van der Waals surface area contributed by atoms with E-state index in [1.54, 1.807) is 13.2 Å². The second-order valence-corrected chi connectivity index (χ2v) is 19.9. The number of nitrogens with one attached hydrogen (secondary N) is 1. The fourth-order valence-electron chi connectivity index (χ4n) is 8.63. The number of aromatic nitrogens is 2. The molecular formula is C44H58N6O8S2. The second kappa shape index (κ2) is 17.2. The van der Waals surface area contributed by atoms with E-state index in [0.29, 0.717) is 48.6 Å². The minimum Gasteiger partial charge on any atom is -0.496 e. The summed E-state index contributed by atoms with van der Waals surface area (Å²) in [6, 6.07) is 4.12. The molecule has 4 fully saturated rings. The van der Waals surface area contributed by atoms with Crippen molar-refractivity contribution in [2.24, 2.45) is 17.3 Å². The maximum atomic E-state index is 15.0. The Kier molecular flexibility index (Phi) is 12.5. The van der Waals surface area contributed by atoms with Gasteiger partial charge in [-0.2, -0.15) is 0 Å². The summed E-state index contributed by atoms with van der Waals surface area (Å²) in [6.07, 6.45) is 5.25. The third kappa shape index (κ3) is 8.69. The van der Waals surface area contributed by atoms with Gasteiger partial charge in [0.05, 0.1) is 30.8 Å². The van der Waals surface area contributed by atoms with Crippen LogP contribution in [-0.4, -0.2) is 107 Å². The lowest BCUT2D eigenvalue weighted by Gasteiger charge is -2.36. The Morgan fingerprint density at radius 3 is 2.43 bits per heavy atom. The van der Waals surface area contributed by atoms with Crippen LogP contribution in [0.5, 0.6) is 11.5 Å². The molecule has 2 unspecified atom stereocenters. The number of benzene rings is 1. The lowest BCUT2D eigenvalue weighted by atomic mass is 9.77. The van der Waals surface area contributed by atoms with Gasteiger partial charge in [-0.05, 0) is 68.9 Å². The summed E-state index contributed by atoms with van der Waals surface area (Å²) in [5.41, 5.74) is 0.921. The Morgan fingerprint density at radius 1 is 1.13 bits per heavy atom. The van der Waals surface area contributed by atoms with Crippen LogP contribution in [0.15, 0.2) is 36.2 Å². The maximum Gasteiger partial charge on any atom is 0.264 e. The molecule has 4 aliphatic rings. The normalized spacial score (nSPS) is 23.9. The van der Waals surface area contributed by atoms with Crippen molar-refractivity contribution >= 4 is 57.1 Å². The first kappa shape index (κ1) is 43.7. The van der Waals surface area contributed by atoms with Crippen LogP contribution in [0.1, 0.15) is 103 Å². The van der Waals surface area contributed by atoms with Crippen molar-refractivity contribution in [2.75, 3.05) is 26.7 Å². The van der Waals surface area contributed by atoms with Gasteiger partial charge in [0, 0.05) is 60.3 Å². The Bertz CT molecular complexity index is 2190. The quantitative estimate of drug-likeness (QED) is 0.137. The van der Waals surface area contributed by atoms with E-state index in [-0.39, 0.29) is 49.6 Å². The summed E-state index contributed by atoms with van der Waals surface area (Å²) in [5, 5.41) is 6.42. The number of likely N-dealkylation sites (tertiary alicyclic amines) is 2. The predicted octanol–water partition coefficient (Wildman–Crippen LogP) is 6.40. The molecule has 14 nitrogen and oxygen atoms in total. The van der Waals surface area contributed by atoms with Crippen molar-refractivity contribution in [1.82, 2.24) is 29.4 Å². The zero-order valence-electron chi connectivity index (χ0n) is 35.7. The van der Waals surface area contributed by atoms with Gasteiger partial charge in [-0.1, -0.05) is 40.7 Å². The van der Waals surface area contributed by atoms with Crippen LogP contribution in [0.25, 0.3) is 21.6 Å². The van der Waals surface area contributed by atoms with Crippen LogP contribution in [0.2, 0.25) is 0 Å². The lowest BCUT2D eigenvalue weighted by molar-refractivity contribution is -0.149. The van der Waals surface area contributed by atoms with Crippen LogP contribution in [0.3, 0.4) is 0 Å². The molecule has 2 aliphatic carbocycles. The van der Waals surface area contributed by atoms with Gasteiger partial charge in [-0.25, -0.2) is 18.5 Å². The number of rotatable bonds is 14. The third-order valence-electron chi connectivity index (χ3n) is 12.5. The van der Waals surface area contributed by atoms with Crippen LogP contribution in [-0.2, 0) is 30.4 Å². The monoisotopic (exact) mass is 862 g/mol. The van der Waals surface area contributed by atoms with Gasteiger partial charge in [-0.15, -0.1) is 17.9 Å². The van der Waals surface area contributed by atoms with Crippen molar-refractivity contribution in [3.05, 3.63) is 47.5 Å². The molecule has 0 bridgehead atoms. The van der Waals surface area contributed by atoms with E-state index in [0.717, 1.165) is 45.2 Å². The summed E-state index contributed by atoms with van der Waals surface area (Å²) in [4.78, 5) is 70.7. The van der Waals surface area contributed by atoms with Gasteiger partial charge < -0.3 is 24.6 Å². The summed E-state index contributed by atoms with van der Waals surface area (Å²) >= 11 is -1.09. The first-order chi connectivity index (χ1) is 28.5. The average Bonchev–Trinajstić information content (AvgIpc) is 4.06. The minimum atomic E-state index is -2.58. The molecule has 2 N–H and O–H groups in total. The lowest BCUT2D eigenvalue weighted by Crippen LogP contribution is -2.57. The van der Waals surface area contributed by atoms with E-state index in [4.69, 9.17) is 19.4 Å². The molecule has 2 aliphatic heterocycles. The van der Waals surface area contributed by atoms with Crippen LogP contribution < -0.4 is 14.8 Å². The Labute approximate surface area is 358 Å². The molecule has 324 valence electrons. The highest BCUT2D eigenvalue weighted by Gasteiger charge is 2.64. The van der Waals surface area contributed by atoms with E-state index in [1.807, 2.05) is 56.2 Å². The highest BCUT2D eigenvalue weighted by molar-refractivity contribution is 7.77. The topological polar surface area (TPSA) is 172 Å². The van der Waals surface area contributed by atoms with Crippen molar-refractivity contribution in [1.29, 1.82) is 0 Å². The number of methoxy groups -OCH3 is 1. The van der Waals surface area contributed by atoms with Gasteiger partial charge in [-0.3, -0.25) is 23.7 Å². The number of hydrogen-bond donors (Lipinski definition) is 2. The number of carbonyl (C=O) groups is 4. The SMILES string of the molecule is C=C[C@@H]1CC1(NC(=O)[C@@H]1C[C@@H](Oc2cc(-c3nc(C(C)C)cs3)nc3c(C)c(OC)ccc23)CN1C(=O)[C@@H](CC(=O)N1CCCCC1)C(C)(C)C)C(=O)N(C1CC1)S(=O)O.